The van der Waals surface area contributed by atoms with E-state index in [1.54, 1.807) is 0 Å². The fourth-order valence-corrected chi connectivity index (χ4v) is 7.78. The molecular formula is C52H100O6. The molecule has 0 rings (SSSR count). The Bertz CT molecular complexity index is 887. The van der Waals surface area contributed by atoms with Crippen LogP contribution in [0.1, 0.15) is 285 Å². The summed E-state index contributed by atoms with van der Waals surface area (Å²) in [4.78, 5) is 37.9. The molecule has 0 aliphatic rings. The molecule has 0 aliphatic carbocycles. The van der Waals surface area contributed by atoms with Gasteiger partial charge >= 0.3 is 17.9 Å². The molecule has 0 heterocycles. The van der Waals surface area contributed by atoms with Gasteiger partial charge in [0, 0.05) is 19.3 Å². The van der Waals surface area contributed by atoms with E-state index < -0.39 is 6.10 Å². The first-order chi connectivity index (χ1) is 28.3. The summed E-state index contributed by atoms with van der Waals surface area (Å²) in [6.45, 7) is 11.4. The lowest BCUT2D eigenvalue weighted by Crippen LogP contribution is -2.30. The highest BCUT2D eigenvalue weighted by molar-refractivity contribution is 5.71. The van der Waals surface area contributed by atoms with Crippen molar-refractivity contribution in [2.45, 2.75) is 291 Å². The highest BCUT2D eigenvalue weighted by atomic mass is 16.6. The molecule has 2 atom stereocenters. The summed E-state index contributed by atoms with van der Waals surface area (Å²) in [5.74, 6) is 0.806. The first-order valence-electron chi connectivity index (χ1n) is 25.8. The summed E-state index contributed by atoms with van der Waals surface area (Å²) in [7, 11) is 0. The van der Waals surface area contributed by atoms with Crippen LogP contribution in [0, 0.1) is 11.8 Å². The average Bonchev–Trinajstić information content (AvgIpc) is 3.21. The van der Waals surface area contributed by atoms with E-state index in [9.17, 15) is 14.4 Å². The second-order valence-electron chi connectivity index (χ2n) is 18.5. The van der Waals surface area contributed by atoms with Crippen LogP contribution >= 0.6 is 0 Å². The Morgan fingerprint density at radius 1 is 0.362 bits per heavy atom. The van der Waals surface area contributed by atoms with Crippen LogP contribution in [0.3, 0.4) is 0 Å². The van der Waals surface area contributed by atoms with Crippen molar-refractivity contribution in [3.63, 3.8) is 0 Å². The first-order valence-corrected chi connectivity index (χ1v) is 25.8. The van der Waals surface area contributed by atoms with E-state index in [1.807, 2.05) is 0 Å². The maximum Gasteiger partial charge on any atom is 0.306 e. The first kappa shape index (κ1) is 56.4. The number of esters is 3. The molecule has 0 radical (unpaired) electrons. The zero-order chi connectivity index (χ0) is 42.6. The molecule has 0 saturated heterocycles. The maximum atomic E-state index is 12.8. The summed E-state index contributed by atoms with van der Waals surface area (Å²) < 4.78 is 16.8. The molecule has 58 heavy (non-hydrogen) atoms. The second-order valence-corrected chi connectivity index (χ2v) is 18.5. The third-order valence-electron chi connectivity index (χ3n) is 12.1. The molecule has 0 aromatic heterocycles. The summed E-state index contributed by atoms with van der Waals surface area (Å²) in [5, 5.41) is 0. The van der Waals surface area contributed by atoms with Gasteiger partial charge in [0.15, 0.2) is 6.10 Å². The van der Waals surface area contributed by atoms with Crippen LogP contribution in [0.15, 0.2) is 0 Å². The fourth-order valence-electron chi connectivity index (χ4n) is 7.78. The number of carbonyl (C=O) groups is 3. The third kappa shape index (κ3) is 44.0. The largest absolute Gasteiger partial charge is 0.462 e. The van der Waals surface area contributed by atoms with Gasteiger partial charge in [0.1, 0.15) is 13.2 Å². The van der Waals surface area contributed by atoms with Crippen LogP contribution in [0.2, 0.25) is 0 Å². The lowest BCUT2D eigenvalue weighted by Gasteiger charge is -2.18. The Hall–Kier alpha value is -1.59. The van der Waals surface area contributed by atoms with E-state index in [-0.39, 0.29) is 31.1 Å². The van der Waals surface area contributed by atoms with E-state index >= 15 is 0 Å². The number of carbonyl (C=O) groups excluding carboxylic acids is 3. The van der Waals surface area contributed by atoms with Crippen LogP contribution in [-0.2, 0) is 28.6 Å². The minimum absolute atomic E-state index is 0.0645. The van der Waals surface area contributed by atoms with Gasteiger partial charge in [-0.25, -0.2) is 0 Å². The number of ether oxygens (including phenoxy) is 3. The standard InChI is InChI=1S/C52H100O6/c1-6-8-9-10-11-12-13-14-15-16-17-18-21-29-34-39-44-52(55)58-49(45-56-50(53)42-37-32-27-22-19-20-25-30-35-40-47(3)4)46-57-51(54)43-38-33-28-24-23-26-31-36-41-48(5)7-2/h47-49H,6-46H2,1-5H3/t48?,49-/m1/s1. The van der Waals surface area contributed by atoms with Crippen LogP contribution in [-0.4, -0.2) is 37.2 Å². The van der Waals surface area contributed by atoms with Gasteiger partial charge in [-0.3, -0.25) is 14.4 Å². The molecule has 0 fully saturated rings. The van der Waals surface area contributed by atoms with Crippen LogP contribution in [0.4, 0.5) is 0 Å². The molecule has 0 aromatic carbocycles. The van der Waals surface area contributed by atoms with Gasteiger partial charge in [0.25, 0.3) is 0 Å². The lowest BCUT2D eigenvalue weighted by atomic mass is 9.99. The zero-order valence-electron chi connectivity index (χ0n) is 39.7. The molecule has 0 saturated carbocycles. The normalized spacial score (nSPS) is 12.5. The van der Waals surface area contributed by atoms with Crippen molar-refractivity contribution in [2.75, 3.05) is 13.2 Å². The monoisotopic (exact) mass is 821 g/mol. The smallest absolute Gasteiger partial charge is 0.306 e. The molecule has 6 nitrogen and oxygen atoms in total. The summed E-state index contributed by atoms with van der Waals surface area (Å²) in [5.41, 5.74) is 0. The Morgan fingerprint density at radius 3 is 0.983 bits per heavy atom. The highest BCUT2D eigenvalue weighted by Gasteiger charge is 2.19. The van der Waals surface area contributed by atoms with Crippen molar-refractivity contribution >= 4 is 17.9 Å². The van der Waals surface area contributed by atoms with E-state index in [0.717, 1.165) is 69.6 Å². The van der Waals surface area contributed by atoms with Gasteiger partial charge < -0.3 is 14.2 Å². The zero-order valence-corrected chi connectivity index (χ0v) is 39.7. The molecular weight excluding hydrogens is 721 g/mol. The van der Waals surface area contributed by atoms with Crippen molar-refractivity contribution < 1.29 is 28.6 Å². The number of unbranched alkanes of at least 4 members (excludes halogenated alkanes) is 30. The number of hydrogen-bond acceptors (Lipinski definition) is 6. The SMILES string of the molecule is CCCCCCCCCCCCCCCCCCC(=O)O[C@H](COC(=O)CCCCCCCCCCCC(C)C)COC(=O)CCCCCCCCCCC(C)CC. The van der Waals surface area contributed by atoms with Crippen LogP contribution in [0.25, 0.3) is 0 Å². The van der Waals surface area contributed by atoms with Gasteiger partial charge in [-0.1, -0.05) is 247 Å². The lowest BCUT2D eigenvalue weighted by molar-refractivity contribution is -0.167. The minimum Gasteiger partial charge on any atom is -0.462 e. The molecule has 0 N–H and O–H groups in total. The van der Waals surface area contributed by atoms with E-state index in [2.05, 4.69) is 34.6 Å². The van der Waals surface area contributed by atoms with Gasteiger partial charge in [-0.15, -0.1) is 0 Å². The van der Waals surface area contributed by atoms with Gasteiger partial charge in [0.05, 0.1) is 0 Å². The quantitative estimate of drug-likeness (QED) is 0.0346. The van der Waals surface area contributed by atoms with E-state index in [4.69, 9.17) is 14.2 Å². The van der Waals surface area contributed by atoms with Crippen molar-refractivity contribution in [3.05, 3.63) is 0 Å². The van der Waals surface area contributed by atoms with Crippen molar-refractivity contribution in [2.24, 2.45) is 11.8 Å². The Labute approximate surface area is 361 Å². The third-order valence-corrected chi connectivity index (χ3v) is 12.1. The fraction of sp³-hybridized carbons (Fsp3) is 0.942. The molecule has 344 valence electrons. The van der Waals surface area contributed by atoms with Crippen LogP contribution < -0.4 is 0 Å². The van der Waals surface area contributed by atoms with Gasteiger partial charge in [-0.2, -0.15) is 0 Å². The van der Waals surface area contributed by atoms with Crippen molar-refractivity contribution in [1.29, 1.82) is 0 Å². The van der Waals surface area contributed by atoms with E-state index in [0.29, 0.717) is 19.3 Å². The second kappa shape index (κ2) is 44.9. The Balaban J connectivity index is 4.32. The number of rotatable bonds is 46. The molecule has 0 bridgehead atoms. The van der Waals surface area contributed by atoms with Crippen molar-refractivity contribution in [1.82, 2.24) is 0 Å². The van der Waals surface area contributed by atoms with E-state index in [1.165, 1.54) is 173 Å². The predicted octanol–water partition coefficient (Wildman–Crippen LogP) is 16.5. The van der Waals surface area contributed by atoms with Crippen LogP contribution in [0.5, 0.6) is 0 Å². The van der Waals surface area contributed by atoms with Gasteiger partial charge in [0.2, 0.25) is 0 Å². The molecule has 6 heteroatoms. The summed E-state index contributed by atoms with van der Waals surface area (Å²) >= 11 is 0. The molecule has 1 unspecified atom stereocenters. The Kier molecular flexibility index (Phi) is 43.7. The predicted molar refractivity (Wildman–Crippen MR) is 247 cm³/mol. The summed E-state index contributed by atoms with van der Waals surface area (Å²) in [6.07, 6.45) is 45.1. The molecule has 0 aromatic rings. The van der Waals surface area contributed by atoms with Crippen molar-refractivity contribution in [3.8, 4) is 0 Å². The average molecular weight is 821 g/mol. The molecule has 0 aliphatic heterocycles. The minimum atomic E-state index is -0.762. The maximum absolute atomic E-state index is 12.8. The Morgan fingerprint density at radius 2 is 0.655 bits per heavy atom. The number of hydrogen-bond donors (Lipinski definition) is 0. The molecule has 0 spiro atoms. The summed E-state index contributed by atoms with van der Waals surface area (Å²) in [6, 6.07) is 0. The molecule has 0 amide bonds. The van der Waals surface area contributed by atoms with Gasteiger partial charge in [-0.05, 0) is 31.1 Å². The topological polar surface area (TPSA) is 78.9 Å². The highest BCUT2D eigenvalue weighted by Crippen LogP contribution is 2.18.